The fourth-order valence-corrected chi connectivity index (χ4v) is 4.95. The van der Waals surface area contributed by atoms with Crippen LogP contribution >= 0.6 is 0 Å². The number of pyridine rings is 1. The molecule has 0 aliphatic heterocycles. The van der Waals surface area contributed by atoms with Crippen LogP contribution in [0.25, 0.3) is 0 Å². The standard InChI is InChI=1S/C24H29N3O6S/c1-17-8-6-11-20(25-17)24(30)26-21(14-19-9-4-3-5-10-19)22(29)16-27(15-18(2)28)34(31,32)23-12-7-13-33-23/h3-13,18,21-22,28-29H,14-16H2,1-2H3,(H,26,30)/t18-,21-,22+/m0/s1. The summed E-state index contributed by atoms with van der Waals surface area (Å²) in [7, 11) is -4.12. The Morgan fingerprint density at radius 1 is 1.06 bits per heavy atom. The number of rotatable bonds is 11. The minimum Gasteiger partial charge on any atom is -0.452 e. The van der Waals surface area contributed by atoms with Crippen LogP contribution in [0.15, 0.2) is 76.4 Å². The van der Waals surface area contributed by atoms with E-state index < -0.39 is 34.2 Å². The van der Waals surface area contributed by atoms with Crippen molar-refractivity contribution in [3.8, 4) is 0 Å². The molecular weight excluding hydrogens is 458 g/mol. The highest BCUT2D eigenvalue weighted by Crippen LogP contribution is 2.18. The lowest BCUT2D eigenvalue weighted by molar-refractivity contribution is 0.0726. The van der Waals surface area contributed by atoms with Gasteiger partial charge in [0.05, 0.1) is 24.5 Å². The Bertz CT molecular complexity index is 1170. The Balaban J connectivity index is 1.86. The summed E-state index contributed by atoms with van der Waals surface area (Å²) in [5, 5.41) is 23.5. The summed E-state index contributed by atoms with van der Waals surface area (Å²) in [6, 6.07) is 16.2. The quantitative estimate of drug-likeness (QED) is 0.375. The molecule has 1 amide bonds. The van der Waals surface area contributed by atoms with Crippen LogP contribution in [0.1, 0.15) is 28.7 Å². The SMILES string of the molecule is Cc1cccc(C(=O)N[C@@H](Cc2ccccc2)[C@H](O)CN(C[C@H](C)O)S(=O)(=O)c2ccco2)n1. The van der Waals surface area contributed by atoms with Crippen molar-refractivity contribution in [1.82, 2.24) is 14.6 Å². The molecule has 3 aromatic rings. The number of nitrogens with zero attached hydrogens (tertiary/aromatic N) is 2. The molecule has 182 valence electrons. The Labute approximate surface area is 199 Å². The molecule has 2 heterocycles. The predicted molar refractivity (Wildman–Crippen MR) is 126 cm³/mol. The number of sulfonamides is 1. The molecule has 3 N–H and O–H groups in total. The van der Waals surface area contributed by atoms with Gasteiger partial charge in [-0.25, -0.2) is 13.4 Å². The maximum Gasteiger partial charge on any atom is 0.276 e. The average molecular weight is 488 g/mol. The Kier molecular flexibility index (Phi) is 8.56. The van der Waals surface area contributed by atoms with E-state index in [-0.39, 0.29) is 30.3 Å². The van der Waals surface area contributed by atoms with Crippen molar-refractivity contribution in [2.45, 2.75) is 43.6 Å². The molecule has 9 nitrogen and oxygen atoms in total. The smallest absolute Gasteiger partial charge is 0.276 e. The predicted octanol–water partition coefficient (Wildman–Crippen LogP) is 1.76. The number of carbonyl (C=O) groups excluding carboxylic acids is 1. The van der Waals surface area contributed by atoms with E-state index in [4.69, 9.17) is 4.42 Å². The van der Waals surface area contributed by atoms with Gasteiger partial charge in [-0.05, 0) is 50.1 Å². The first-order valence-electron chi connectivity index (χ1n) is 10.8. The van der Waals surface area contributed by atoms with Crippen molar-refractivity contribution in [2.24, 2.45) is 0 Å². The summed E-state index contributed by atoms with van der Waals surface area (Å²) in [5.41, 5.74) is 1.70. The molecule has 34 heavy (non-hydrogen) atoms. The van der Waals surface area contributed by atoms with Crippen LogP contribution in [0.3, 0.4) is 0 Å². The highest BCUT2D eigenvalue weighted by Gasteiger charge is 2.33. The van der Waals surface area contributed by atoms with Gasteiger partial charge < -0.3 is 19.9 Å². The van der Waals surface area contributed by atoms with Crippen LogP contribution in [0, 0.1) is 6.92 Å². The summed E-state index contributed by atoms with van der Waals surface area (Å²) in [5.74, 6) is -0.486. The molecule has 0 saturated heterocycles. The molecule has 0 radical (unpaired) electrons. The molecule has 0 aliphatic carbocycles. The van der Waals surface area contributed by atoms with Crippen molar-refractivity contribution < 1.29 is 27.8 Å². The molecule has 2 aromatic heterocycles. The summed E-state index contributed by atoms with van der Waals surface area (Å²) < 4.78 is 32.1. The highest BCUT2D eigenvalue weighted by atomic mass is 32.2. The largest absolute Gasteiger partial charge is 0.452 e. The summed E-state index contributed by atoms with van der Waals surface area (Å²) in [6.07, 6.45) is -0.798. The van der Waals surface area contributed by atoms with Crippen LogP contribution in [-0.4, -0.2) is 65.2 Å². The Hall–Kier alpha value is -3.05. The normalized spacial score (nSPS) is 14.5. The Morgan fingerprint density at radius 3 is 2.41 bits per heavy atom. The number of aliphatic hydroxyl groups is 2. The molecule has 3 atom stereocenters. The van der Waals surface area contributed by atoms with Gasteiger partial charge in [0.1, 0.15) is 5.69 Å². The van der Waals surface area contributed by atoms with E-state index in [0.29, 0.717) is 5.69 Å². The second-order valence-electron chi connectivity index (χ2n) is 8.10. The molecule has 3 rings (SSSR count). The third-order valence-corrected chi connectivity index (χ3v) is 6.87. The van der Waals surface area contributed by atoms with Gasteiger partial charge in [-0.15, -0.1) is 0 Å². The maximum absolute atomic E-state index is 13.0. The number of furan rings is 1. The number of hydrogen-bond donors (Lipinski definition) is 3. The van der Waals surface area contributed by atoms with Crippen molar-refractivity contribution in [2.75, 3.05) is 13.1 Å². The van der Waals surface area contributed by atoms with Gasteiger partial charge >= 0.3 is 0 Å². The molecule has 0 spiro atoms. The molecule has 0 bridgehead atoms. The molecule has 1 aromatic carbocycles. The van der Waals surface area contributed by atoms with E-state index in [0.717, 1.165) is 9.87 Å². The van der Waals surface area contributed by atoms with E-state index in [1.807, 2.05) is 30.3 Å². The number of aromatic nitrogens is 1. The summed E-state index contributed by atoms with van der Waals surface area (Å²) in [6.45, 7) is 2.59. The molecule has 0 unspecified atom stereocenters. The lowest BCUT2D eigenvalue weighted by Crippen LogP contribution is -2.51. The zero-order valence-corrected chi connectivity index (χ0v) is 19.9. The monoisotopic (exact) mass is 487 g/mol. The summed E-state index contributed by atoms with van der Waals surface area (Å²) >= 11 is 0. The molecule has 0 saturated carbocycles. The van der Waals surface area contributed by atoms with E-state index in [1.165, 1.54) is 25.3 Å². The van der Waals surface area contributed by atoms with Gasteiger partial charge in [0, 0.05) is 18.8 Å². The first kappa shape index (κ1) is 25.6. The van der Waals surface area contributed by atoms with Gasteiger partial charge in [-0.2, -0.15) is 4.31 Å². The van der Waals surface area contributed by atoms with Crippen LogP contribution in [0.2, 0.25) is 0 Å². The van der Waals surface area contributed by atoms with Gasteiger partial charge in [0.2, 0.25) is 5.09 Å². The van der Waals surface area contributed by atoms with Gasteiger partial charge in [0.25, 0.3) is 15.9 Å². The second kappa shape index (κ2) is 11.4. The number of nitrogens with one attached hydrogen (secondary N) is 1. The lowest BCUT2D eigenvalue weighted by atomic mass is 10.0. The number of carbonyl (C=O) groups is 1. The maximum atomic E-state index is 13.0. The third-order valence-electron chi connectivity index (χ3n) is 5.15. The van der Waals surface area contributed by atoms with Crippen LogP contribution in [-0.2, 0) is 16.4 Å². The highest BCUT2D eigenvalue weighted by molar-refractivity contribution is 7.89. The number of benzene rings is 1. The third kappa shape index (κ3) is 6.73. The minimum absolute atomic E-state index is 0.189. The van der Waals surface area contributed by atoms with E-state index in [9.17, 15) is 23.4 Å². The molecule has 0 aliphatic rings. The van der Waals surface area contributed by atoms with E-state index >= 15 is 0 Å². The number of aliphatic hydroxyl groups excluding tert-OH is 2. The fourth-order valence-electron chi connectivity index (χ4n) is 3.50. The first-order valence-corrected chi connectivity index (χ1v) is 12.3. The number of amides is 1. The van der Waals surface area contributed by atoms with Gasteiger partial charge in [-0.1, -0.05) is 36.4 Å². The molecular formula is C24H29N3O6S. The molecule has 0 fully saturated rings. The first-order chi connectivity index (χ1) is 16.2. The Morgan fingerprint density at radius 2 is 1.79 bits per heavy atom. The van der Waals surface area contributed by atoms with Crippen LogP contribution < -0.4 is 5.32 Å². The average Bonchev–Trinajstić information content (AvgIpc) is 3.34. The van der Waals surface area contributed by atoms with Crippen LogP contribution in [0.4, 0.5) is 0 Å². The van der Waals surface area contributed by atoms with Crippen molar-refractivity contribution in [1.29, 1.82) is 0 Å². The van der Waals surface area contributed by atoms with Gasteiger partial charge in [-0.3, -0.25) is 4.79 Å². The van der Waals surface area contributed by atoms with E-state index in [1.54, 1.807) is 25.1 Å². The van der Waals surface area contributed by atoms with Gasteiger partial charge in [0.15, 0.2) is 0 Å². The van der Waals surface area contributed by atoms with Crippen LogP contribution in [0.5, 0.6) is 0 Å². The minimum atomic E-state index is -4.12. The van der Waals surface area contributed by atoms with E-state index in [2.05, 4.69) is 10.3 Å². The van der Waals surface area contributed by atoms with Crippen molar-refractivity contribution >= 4 is 15.9 Å². The van der Waals surface area contributed by atoms with Crippen molar-refractivity contribution in [3.05, 3.63) is 83.9 Å². The fraction of sp³-hybridized carbons (Fsp3) is 0.333. The van der Waals surface area contributed by atoms with Crippen molar-refractivity contribution in [3.63, 3.8) is 0 Å². The number of hydrogen-bond acceptors (Lipinski definition) is 7. The number of aryl methyl sites for hydroxylation is 1. The summed E-state index contributed by atoms with van der Waals surface area (Å²) in [4.78, 5) is 17.1. The zero-order chi connectivity index (χ0) is 24.7. The zero-order valence-electron chi connectivity index (χ0n) is 19.0. The molecule has 10 heteroatoms. The second-order valence-corrected chi connectivity index (χ2v) is 9.97. The lowest BCUT2D eigenvalue weighted by Gasteiger charge is -2.29. The topological polar surface area (TPSA) is 133 Å².